The van der Waals surface area contributed by atoms with Gasteiger partial charge in [0.2, 0.25) is 11.1 Å². The molecule has 0 saturated heterocycles. The van der Waals surface area contributed by atoms with E-state index in [1.807, 2.05) is 12.5 Å². The second-order valence-corrected chi connectivity index (χ2v) is 8.92. The molecule has 0 spiro atoms. The molecule has 8 heteroatoms. The number of anilines is 2. The number of hydrogen-bond acceptors (Lipinski definition) is 6. The number of aromatic amines is 1. The maximum Gasteiger partial charge on any atom is 0.225 e. The molecule has 7 nitrogen and oxygen atoms in total. The molecule has 0 amide bonds. The molecule has 0 saturated carbocycles. The third kappa shape index (κ3) is 2.82. The Bertz CT molecular complexity index is 1010. The largest absolute Gasteiger partial charge is 0.332 e. The van der Waals surface area contributed by atoms with Gasteiger partial charge in [0.1, 0.15) is 0 Å². The van der Waals surface area contributed by atoms with Crippen LogP contribution in [0.2, 0.25) is 0 Å². The third-order valence-corrected chi connectivity index (χ3v) is 7.04. The van der Waals surface area contributed by atoms with E-state index >= 15 is 0 Å². The van der Waals surface area contributed by atoms with Crippen molar-refractivity contribution >= 4 is 23.6 Å². The molecule has 6 rings (SSSR count). The summed E-state index contributed by atoms with van der Waals surface area (Å²) >= 11 is 1.61. The highest BCUT2D eigenvalue weighted by atomic mass is 32.2. The monoisotopic (exact) mass is 393 g/mol. The van der Waals surface area contributed by atoms with Gasteiger partial charge in [-0.3, -0.25) is 0 Å². The number of imidazole rings is 1. The average Bonchev–Trinajstić information content (AvgIpc) is 3.48. The van der Waals surface area contributed by atoms with E-state index in [1.165, 1.54) is 72.2 Å². The fourth-order valence-electron chi connectivity index (χ4n) is 4.78. The molecule has 0 radical (unpaired) electrons. The summed E-state index contributed by atoms with van der Waals surface area (Å²) in [7, 11) is 0. The van der Waals surface area contributed by atoms with Gasteiger partial charge in [-0.15, -0.1) is 5.10 Å². The second-order valence-electron chi connectivity index (χ2n) is 7.86. The minimum Gasteiger partial charge on any atom is -0.332 e. The Labute approximate surface area is 168 Å². The number of nitrogens with one attached hydrogen (secondary N) is 2. The van der Waals surface area contributed by atoms with Crippen molar-refractivity contribution in [1.82, 2.24) is 29.0 Å². The van der Waals surface area contributed by atoms with E-state index in [0.29, 0.717) is 0 Å². The van der Waals surface area contributed by atoms with Crippen molar-refractivity contribution < 1.29 is 0 Å². The quantitative estimate of drug-likeness (QED) is 0.663. The average molecular weight is 394 g/mol. The predicted octanol–water partition coefficient (Wildman–Crippen LogP) is 3.25. The highest BCUT2D eigenvalue weighted by molar-refractivity contribution is 7.96. The van der Waals surface area contributed by atoms with Gasteiger partial charge in [-0.25, -0.2) is 14.4 Å². The van der Waals surface area contributed by atoms with Gasteiger partial charge in [-0.2, -0.15) is 4.98 Å². The van der Waals surface area contributed by atoms with Gasteiger partial charge >= 0.3 is 0 Å². The van der Waals surface area contributed by atoms with E-state index in [0.717, 1.165) is 30.7 Å². The van der Waals surface area contributed by atoms with Crippen LogP contribution in [0.4, 0.5) is 11.6 Å². The van der Waals surface area contributed by atoms with Crippen LogP contribution in [0.15, 0.2) is 23.7 Å². The molecule has 1 aromatic carbocycles. The Hall–Kier alpha value is -2.32. The molecule has 0 bridgehead atoms. The van der Waals surface area contributed by atoms with E-state index in [1.54, 1.807) is 11.9 Å². The zero-order valence-corrected chi connectivity index (χ0v) is 16.6. The molecule has 3 aromatic rings. The summed E-state index contributed by atoms with van der Waals surface area (Å²) in [4.78, 5) is 8.95. The Kier molecular flexibility index (Phi) is 3.94. The minimum absolute atomic E-state index is 0.749. The smallest absolute Gasteiger partial charge is 0.225 e. The van der Waals surface area contributed by atoms with Crippen molar-refractivity contribution in [3.63, 3.8) is 0 Å². The SMILES string of the molecule is c1c2c(c(Nc3nc(SN4CCn5cncc5C4)n[nH]3)c3c1CCC3)CCC2. The molecule has 0 atom stereocenters. The van der Waals surface area contributed by atoms with Crippen LogP contribution in [0, 0.1) is 0 Å². The molecule has 2 aliphatic carbocycles. The summed E-state index contributed by atoms with van der Waals surface area (Å²) in [5, 5.41) is 11.9. The van der Waals surface area contributed by atoms with Crippen molar-refractivity contribution in [3.05, 3.63) is 46.5 Å². The molecule has 144 valence electrons. The highest BCUT2D eigenvalue weighted by Gasteiger charge is 2.25. The molecule has 2 aromatic heterocycles. The highest BCUT2D eigenvalue weighted by Crippen LogP contribution is 2.39. The number of aromatic nitrogens is 5. The standard InChI is InChI=1S/C20H23N7S/c1-3-13-9-14-4-2-6-17(14)18(16(13)5-1)22-19-23-20(25-24-19)28-27-8-7-26-12-21-10-15(26)11-27/h9-10,12H,1-8,11H2,(H2,22,23,24,25). The molecule has 3 heterocycles. The van der Waals surface area contributed by atoms with Crippen molar-refractivity contribution in [1.29, 1.82) is 0 Å². The first-order valence-corrected chi connectivity index (χ1v) is 10.9. The minimum atomic E-state index is 0.749. The van der Waals surface area contributed by atoms with Crippen LogP contribution in [-0.4, -0.2) is 35.6 Å². The summed E-state index contributed by atoms with van der Waals surface area (Å²) in [6, 6.07) is 2.46. The van der Waals surface area contributed by atoms with Crippen molar-refractivity contribution in [3.8, 4) is 0 Å². The fraction of sp³-hybridized carbons (Fsp3) is 0.450. The lowest BCUT2D eigenvalue weighted by molar-refractivity contribution is 0.374. The van der Waals surface area contributed by atoms with Crippen LogP contribution >= 0.6 is 11.9 Å². The summed E-state index contributed by atoms with van der Waals surface area (Å²) < 4.78 is 4.50. The maximum absolute atomic E-state index is 4.72. The van der Waals surface area contributed by atoms with Crippen LogP contribution in [-0.2, 0) is 38.8 Å². The van der Waals surface area contributed by atoms with Crippen molar-refractivity contribution in [2.75, 3.05) is 11.9 Å². The van der Waals surface area contributed by atoms with Crippen molar-refractivity contribution in [2.45, 2.75) is 56.8 Å². The molecular formula is C20H23N7S. The van der Waals surface area contributed by atoms with Crippen LogP contribution in [0.3, 0.4) is 0 Å². The van der Waals surface area contributed by atoms with Gasteiger partial charge in [0.15, 0.2) is 0 Å². The number of rotatable bonds is 4. The first-order valence-electron chi connectivity index (χ1n) is 10.1. The Balaban J connectivity index is 1.22. The predicted molar refractivity (Wildman–Crippen MR) is 109 cm³/mol. The zero-order chi connectivity index (χ0) is 18.5. The van der Waals surface area contributed by atoms with Crippen LogP contribution in [0.5, 0.6) is 0 Å². The maximum atomic E-state index is 4.72. The molecule has 28 heavy (non-hydrogen) atoms. The van der Waals surface area contributed by atoms with Crippen LogP contribution in [0.25, 0.3) is 0 Å². The number of hydrogen-bond donors (Lipinski definition) is 2. The molecule has 0 unspecified atom stereocenters. The normalized spacial score (nSPS) is 18.1. The Morgan fingerprint density at radius 2 is 1.86 bits per heavy atom. The lowest BCUT2D eigenvalue weighted by atomic mass is 9.99. The first-order chi connectivity index (χ1) is 13.8. The number of benzene rings is 1. The van der Waals surface area contributed by atoms with Gasteiger partial charge in [0, 0.05) is 36.9 Å². The number of aryl methyl sites for hydroxylation is 2. The molecule has 1 aliphatic heterocycles. The van der Waals surface area contributed by atoms with Crippen LogP contribution < -0.4 is 5.32 Å². The summed E-state index contributed by atoms with van der Waals surface area (Å²) in [5.74, 6) is 0.749. The molecule has 0 fully saturated rings. The molecule has 3 aliphatic rings. The molecule has 2 N–H and O–H groups in total. The fourth-order valence-corrected chi connectivity index (χ4v) is 5.60. The van der Waals surface area contributed by atoms with Gasteiger partial charge in [-0.05, 0) is 60.8 Å². The van der Waals surface area contributed by atoms with Gasteiger partial charge in [-0.1, -0.05) is 6.07 Å². The lowest BCUT2D eigenvalue weighted by Gasteiger charge is -2.25. The third-order valence-electron chi connectivity index (χ3n) is 6.12. The molecular weight excluding hydrogens is 370 g/mol. The summed E-state index contributed by atoms with van der Waals surface area (Å²) in [6.45, 7) is 2.78. The number of nitrogens with zero attached hydrogens (tertiary/aromatic N) is 5. The van der Waals surface area contributed by atoms with Gasteiger partial charge in [0.05, 0.1) is 18.6 Å². The van der Waals surface area contributed by atoms with Gasteiger partial charge < -0.3 is 9.88 Å². The van der Waals surface area contributed by atoms with E-state index in [9.17, 15) is 0 Å². The number of fused-ring (bicyclic) bond motifs is 3. The van der Waals surface area contributed by atoms with E-state index < -0.39 is 0 Å². The lowest BCUT2D eigenvalue weighted by Crippen LogP contribution is -2.28. The van der Waals surface area contributed by atoms with Crippen molar-refractivity contribution in [2.24, 2.45) is 0 Å². The van der Waals surface area contributed by atoms with Crippen LogP contribution in [0.1, 0.15) is 40.8 Å². The van der Waals surface area contributed by atoms with E-state index in [2.05, 4.69) is 35.4 Å². The number of H-pyrrole nitrogens is 1. The Morgan fingerprint density at radius 3 is 2.68 bits per heavy atom. The summed E-state index contributed by atoms with van der Waals surface area (Å²) in [6.07, 6.45) is 11.1. The first kappa shape index (κ1) is 16.6. The Morgan fingerprint density at radius 1 is 1.04 bits per heavy atom. The zero-order valence-electron chi connectivity index (χ0n) is 15.7. The van der Waals surface area contributed by atoms with Gasteiger partial charge in [0.25, 0.3) is 0 Å². The second kappa shape index (κ2) is 6.63. The summed E-state index contributed by atoms with van der Waals surface area (Å²) in [5.41, 5.74) is 8.59. The topological polar surface area (TPSA) is 74.7 Å². The van der Waals surface area contributed by atoms with E-state index in [4.69, 9.17) is 4.98 Å². The van der Waals surface area contributed by atoms with E-state index in [-0.39, 0.29) is 0 Å².